The van der Waals surface area contributed by atoms with E-state index in [-0.39, 0.29) is 0 Å². The van der Waals surface area contributed by atoms with E-state index in [0.29, 0.717) is 6.04 Å². The second kappa shape index (κ2) is 4.74. The molecule has 1 aromatic heterocycles. The molecule has 1 aromatic rings. The maximum Gasteiger partial charge on any atom is 0.0608 e. The van der Waals surface area contributed by atoms with Gasteiger partial charge in [-0.3, -0.25) is 4.68 Å². The molecule has 2 heterocycles. The van der Waals surface area contributed by atoms with E-state index in [2.05, 4.69) is 22.5 Å². The summed E-state index contributed by atoms with van der Waals surface area (Å²) >= 11 is 0. The lowest BCUT2D eigenvalue weighted by Gasteiger charge is -2.29. The van der Waals surface area contributed by atoms with Crippen LogP contribution in [0.2, 0.25) is 0 Å². The predicted octanol–water partition coefficient (Wildman–Crippen LogP) is 0.318. The molecule has 1 fully saturated rings. The molecule has 5 heteroatoms. The molecule has 1 atom stereocenters. The molecule has 2 rings (SSSR count). The van der Waals surface area contributed by atoms with E-state index in [4.69, 9.17) is 4.74 Å². The topological polar surface area (TPSA) is 42.3 Å². The fraction of sp³-hybridized carbons (Fsp3) is 0.700. The Kier molecular flexibility index (Phi) is 3.35. The maximum atomic E-state index is 5.29. The molecule has 0 bridgehead atoms. The highest BCUT2D eigenvalue weighted by molar-refractivity contribution is 5.08. The van der Waals surface area contributed by atoms with Crippen molar-refractivity contribution in [3.05, 3.63) is 18.0 Å². The molecule has 1 aliphatic heterocycles. The molecule has 84 valence electrons. The molecular weight excluding hydrogens is 192 g/mol. The fourth-order valence-electron chi connectivity index (χ4n) is 1.70. The first-order chi connectivity index (χ1) is 7.25. The van der Waals surface area contributed by atoms with Crippen LogP contribution in [0.5, 0.6) is 0 Å². The van der Waals surface area contributed by atoms with Gasteiger partial charge in [0.15, 0.2) is 0 Å². The summed E-state index contributed by atoms with van der Waals surface area (Å²) < 4.78 is 7.12. The first-order valence-electron chi connectivity index (χ1n) is 5.33. The van der Waals surface area contributed by atoms with Gasteiger partial charge in [0.2, 0.25) is 0 Å². The van der Waals surface area contributed by atoms with Crippen LogP contribution in [0.4, 0.5) is 0 Å². The van der Waals surface area contributed by atoms with Gasteiger partial charge in [0.05, 0.1) is 19.4 Å². The van der Waals surface area contributed by atoms with E-state index < -0.39 is 0 Å². The van der Waals surface area contributed by atoms with Crippen molar-refractivity contribution in [2.45, 2.75) is 13.0 Å². The zero-order valence-electron chi connectivity index (χ0n) is 9.31. The quantitative estimate of drug-likeness (QED) is 0.780. The minimum atomic E-state index is 0.303. The number of aryl methyl sites for hydroxylation is 1. The third-order valence-electron chi connectivity index (χ3n) is 2.61. The van der Waals surface area contributed by atoms with Gasteiger partial charge in [-0.2, -0.15) is 5.10 Å². The third kappa shape index (κ3) is 2.77. The Labute approximate surface area is 90.0 Å². The van der Waals surface area contributed by atoms with Gasteiger partial charge in [0, 0.05) is 37.9 Å². The number of hydrogen-bond donors (Lipinski definition) is 1. The van der Waals surface area contributed by atoms with Crippen molar-refractivity contribution in [3.8, 4) is 0 Å². The molecule has 0 saturated carbocycles. The minimum absolute atomic E-state index is 0.303. The number of aromatic nitrogens is 2. The van der Waals surface area contributed by atoms with Gasteiger partial charge in [-0.05, 0) is 6.92 Å². The second-order valence-electron chi connectivity index (χ2n) is 3.90. The van der Waals surface area contributed by atoms with Crippen LogP contribution in [0.1, 0.15) is 18.5 Å². The Hall–Kier alpha value is -0.910. The van der Waals surface area contributed by atoms with Gasteiger partial charge in [0.1, 0.15) is 0 Å². The number of nitrogens with zero attached hydrogens (tertiary/aromatic N) is 3. The van der Waals surface area contributed by atoms with Gasteiger partial charge in [-0.15, -0.1) is 0 Å². The summed E-state index contributed by atoms with van der Waals surface area (Å²) in [4.78, 5) is 0. The molecule has 5 nitrogen and oxygen atoms in total. The van der Waals surface area contributed by atoms with Crippen LogP contribution in [0.25, 0.3) is 0 Å². The normalized spacial score (nSPS) is 20.4. The van der Waals surface area contributed by atoms with Crippen LogP contribution in [0.3, 0.4) is 0 Å². The Bertz CT molecular complexity index is 306. The van der Waals surface area contributed by atoms with Crippen molar-refractivity contribution in [3.63, 3.8) is 0 Å². The van der Waals surface area contributed by atoms with Crippen LogP contribution in [0.15, 0.2) is 12.4 Å². The molecule has 0 radical (unpaired) electrons. The van der Waals surface area contributed by atoms with E-state index in [1.807, 2.05) is 24.1 Å². The van der Waals surface area contributed by atoms with Crippen LogP contribution in [-0.2, 0) is 11.8 Å². The molecule has 15 heavy (non-hydrogen) atoms. The largest absolute Gasteiger partial charge is 0.379 e. The zero-order valence-corrected chi connectivity index (χ0v) is 9.31. The molecular formula is C10H18N4O. The van der Waals surface area contributed by atoms with E-state index >= 15 is 0 Å². The van der Waals surface area contributed by atoms with E-state index in [0.717, 1.165) is 26.3 Å². The summed E-state index contributed by atoms with van der Waals surface area (Å²) in [6.07, 6.45) is 3.94. The highest BCUT2D eigenvalue weighted by atomic mass is 16.5. The van der Waals surface area contributed by atoms with Crippen LogP contribution in [0, 0.1) is 0 Å². The summed E-state index contributed by atoms with van der Waals surface area (Å²) in [6, 6.07) is 0.303. The standard InChI is InChI=1S/C10H18N4O/c1-9(10-7-11-13(2)8-10)12-14-3-5-15-6-4-14/h7-9,12H,3-6H2,1-2H3. The van der Waals surface area contributed by atoms with Crippen molar-refractivity contribution in [2.75, 3.05) is 26.3 Å². The SMILES string of the molecule is CC(NN1CCOCC1)c1cnn(C)c1. The van der Waals surface area contributed by atoms with E-state index in [9.17, 15) is 0 Å². The number of rotatable bonds is 3. The summed E-state index contributed by atoms with van der Waals surface area (Å²) in [5.74, 6) is 0. The Morgan fingerprint density at radius 2 is 2.20 bits per heavy atom. The van der Waals surface area contributed by atoms with Crippen molar-refractivity contribution in [1.82, 2.24) is 20.2 Å². The van der Waals surface area contributed by atoms with Gasteiger partial charge in [-0.25, -0.2) is 10.4 Å². The molecule has 1 unspecified atom stereocenters. The number of morpholine rings is 1. The number of hydrogen-bond acceptors (Lipinski definition) is 4. The number of hydrazine groups is 1. The molecule has 0 aliphatic carbocycles. The first-order valence-corrected chi connectivity index (χ1v) is 5.33. The number of nitrogens with one attached hydrogen (secondary N) is 1. The van der Waals surface area contributed by atoms with Crippen LogP contribution in [-0.4, -0.2) is 41.1 Å². The van der Waals surface area contributed by atoms with E-state index in [1.165, 1.54) is 5.56 Å². The Morgan fingerprint density at radius 3 is 2.80 bits per heavy atom. The molecule has 0 amide bonds. The third-order valence-corrected chi connectivity index (χ3v) is 2.61. The average Bonchev–Trinajstić information content (AvgIpc) is 2.66. The lowest BCUT2D eigenvalue weighted by atomic mass is 10.2. The Balaban J connectivity index is 1.88. The molecule has 0 aromatic carbocycles. The fourth-order valence-corrected chi connectivity index (χ4v) is 1.70. The lowest BCUT2D eigenvalue weighted by Crippen LogP contribution is -2.46. The van der Waals surface area contributed by atoms with Crippen molar-refractivity contribution < 1.29 is 4.74 Å². The average molecular weight is 210 g/mol. The van der Waals surface area contributed by atoms with Crippen molar-refractivity contribution >= 4 is 0 Å². The summed E-state index contributed by atoms with van der Waals surface area (Å²) in [7, 11) is 1.94. The minimum Gasteiger partial charge on any atom is -0.379 e. The second-order valence-corrected chi connectivity index (χ2v) is 3.90. The van der Waals surface area contributed by atoms with Crippen LogP contribution >= 0.6 is 0 Å². The number of ether oxygens (including phenoxy) is 1. The Morgan fingerprint density at radius 1 is 1.47 bits per heavy atom. The van der Waals surface area contributed by atoms with Gasteiger partial charge in [0.25, 0.3) is 0 Å². The smallest absolute Gasteiger partial charge is 0.0608 e. The highest BCUT2D eigenvalue weighted by Gasteiger charge is 2.14. The van der Waals surface area contributed by atoms with Crippen molar-refractivity contribution in [1.29, 1.82) is 0 Å². The summed E-state index contributed by atoms with van der Waals surface area (Å²) in [5.41, 5.74) is 4.66. The molecule has 1 saturated heterocycles. The molecule has 1 N–H and O–H groups in total. The predicted molar refractivity (Wildman–Crippen MR) is 57.2 cm³/mol. The van der Waals surface area contributed by atoms with E-state index in [1.54, 1.807) is 0 Å². The van der Waals surface area contributed by atoms with Gasteiger partial charge >= 0.3 is 0 Å². The van der Waals surface area contributed by atoms with Crippen molar-refractivity contribution in [2.24, 2.45) is 7.05 Å². The highest BCUT2D eigenvalue weighted by Crippen LogP contribution is 2.11. The molecule has 1 aliphatic rings. The lowest BCUT2D eigenvalue weighted by molar-refractivity contribution is 0.00484. The molecule has 0 spiro atoms. The zero-order chi connectivity index (χ0) is 10.7. The van der Waals surface area contributed by atoms with Crippen LogP contribution < -0.4 is 5.43 Å². The monoisotopic (exact) mass is 210 g/mol. The first kappa shape index (κ1) is 10.6. The van der Waals surface area contributed by atoms with Gasteiger partial charge in [-0.1, -0.05) is 0 Å². The van der Waals surface area contributed by atoms with Gasteiger partial charge < -0.3 is 4.74 Å². The summed E-state index contributed by atoms with van der Waals surface area (Å²) in [6.45, 7) is 5.67. The summed E-state index contributed by atoms with van der Waals surface area (Å²) in [5, 5.41) is 6.37. The maximum absolute atomic E-state index is 5.29.